The van der Waals surface area contributed by atoms with Crippen LogP contribution in [0.3, 0.4) is 0 Å². The molecule has 0 radical (unpaired) electrons. The van der Waals surface area contributed by atoms with Gasteiger partial charge in [-0.1, -0.05) is 0 Å². The summed E-state index contributed by atoms with van der Waals surface area (Å²) in [5, 5.41) is 0. The van der Waals surface area contributed by atoms with Crippen LogP contribution >= 0.6 is 0 Å². The van der Waals surface area contributed by atoms with E-state index in [1.165, 1.54) is 0 Å². The van der Waals surface area contributed by atoms with Crippen LogP contribution in [-0.4, -0.2) is 23.3 Å². The summed E-state index contributed by atoms with van der Waals surface area (Å²) in [6.45, 7) is 12.2. The fourth-order valence-electron chi connectivity index (χ4n) is 1.95. The van der Waals surface area contributed by atoms with E-state index in [-0.39, 0.29) is 18.3 Å². The molecule has 18 heavy (non-hydrogen) atoms. The monoisotopic (exact) mass is 248 g/mol. The van der Waals surface area contributed by atoms with E-state index >= 15 is 0 Å². The number of anilines is 1. The first-order valence-corrected chi connectivity index (χ1v) is 6.23. The lowest BCUT2D eigenvalue weighted by Crippen LogP contribution is -2.41. The Hall–Kier alpha value is -1.07. The van der Waals surface area contributed by atoms with E-state index in [1.807, 2.05) is 41.5 Å². The Morgan fingerprint density at radius 3 is 2.06 bits per heavy atom. The molecule has 0 bridgehead atoms. The van der Waals surface area contributed by atoms with Gasteiger partial charge < -0.3 is 15.0 Å². The maximum Gasteiger partial charge on any atom is 0.496 e. The maximum absolute atomic E-state index is 6.02. The highest BCUT2D eigenvalue weighted by Gasteiger charge is 2.52. The number of hydrogen-bond acceptors (Lipinski definition) is 4. The quantitative estimate of drug-likeness (QED) is 0.766. The Morgan fingerprint density at radius 2 is 1.56 bits per heavy atom. The second-order valence-electron chi connectivity index (χ2n) is 5.94. The number of hydrogen-bond donors (Lipinski definition) is 1. The molecule has 1 aromatic heterocycles. The zero-order valence-corrected chi connectivity index (χ0v) is 12.0. The first kappa shape index (κ1) is 13.4. The third-order valence-electron chi connectivity index (χ3n) is 4.23. The Kier molecular flexibility index (Phi) is 2.95. The molecule has 2 heterocycles. The van der Waals surface area contributed by atoms with Crippen molar-refractivity contribution in [1.29, 1.82) is 0 Å². The number of aromatic nitrogens is 1. The summed E-state index contributed by atoms with van der Waals surface area (Å²) in [6, 6.07) is 0. The Balaban J connectivity index is 2.39. The number of pyridine rings is 1. The van der Waals surface area contributed by atoms with Gasteiger partial charge in [-0.3, -0.25) is 0 Å². The molecule has 4 nitrogen and oxygen atoms in total. The summed E-state index contributed by atoms with van der Waals surface area (Å²) in [6.07, 6.45) is 1.75. The van der Waals surface area contributed by atoms with Gasteiger partial charge in [0.05, 0.1) is 11.2 Å². The van der Waals surface area contributed by atoms with Crippen molar-refractivity contribution < 1.29 is 9.31 Å². The molecule has 1 aliphatic rings. The average molecular weight is 248 g/mol. The SMILES string of the molecule is Cc1c(B2OC(C)(C)C(C)(C)O2)cnc(N)c1C. The molecule has 1 fully saturated rings. The third-order valence-corrected chi connectivity index (χ3v) is 4.23. The predicted octanol–water partition coefficient (Wildman–Crippen LogP) is 1.58. The fourth-order valence-corrected chi connectivity index (χ4v) is 1.95. The van der Waals surface area contributed by atoms with Crippen molar-refractivity contribution in [2.75, 3.05) is 5.73 Å². The molecule has 0 aliphatic carbocycles. The van der Waals surface area contributed by atoms with E-state index in [1.54, 1.807) is 6.20 Å². The van der Waals surface area contributed by atoms with Crippen LogP contribution in [-0.2, 0) is 9.31 Å². The Morgan fingerprint density at radius 1 is 1.06 bits per heavy atom. The fraction of sp³-hybridized carbons (Fsp3) is 0.615. The van der Waals surface area contributed by atoms with E-state index < -0.39 is 0 Å². The van der Waals surface area contributed by atoms with Gasteiger partial charge in [0.15, 0.2) is 0 Å². The Labute approximate surface area is 109 Å². The van der Waals surface area contributed by atoms with E-state index in [4.69, 9.17) is 15.0 Å². The van der Waals surface area contributed by atoms with Crippen LogP contribution in [0.25, 0.3) is 0 Å². The van der Waals surface area contributed by atoms with Crippen molar-refractivity contribution in [3.63, 3.8) is 0 Å². The van der Waals surface area contributed by atoms with Gasteiger partial charge >= 0.3 is 7.12 Å². The van der Waals surface area contributed by atoms with Gasteiger partial charge in [0.2, 0.25) is 0 Å². The lowest BCUT2D eigenvalue weighted by Gasteiger charge is -2.32. The van der Waals surface area contributed by atoms with Gasteiger partial charge in [-0.15, -0.1) is 0 Å². The summed E-state index contributed by atoms with van der Waals surface area (Å²) in [5.74, 6) is 0.563. The first-order chi connectivity index (χ1) is 8.16. The summed E-state index contributed by atoms with van der Waals surface area (Å²) in [5.41, 5.74) is 8.17. The third kappa shape index (κ3) is 1.91. The second kappa shape index (κ2) is 3.97. The summed E-state index contributed by atoms with van der Waals surface area (Å²) >= 11 is 0. The van der Waals surface area contributed by atoms with Crippen LogP contribution < -0.4 is 11.2 Å². The highest BCUT2D eigenvalue weighted by Crippen LogP contribution is 2.36. The minimum absolute atomic E-state index is 0.334. The van der Waals surface area contributed by atoms with E-state index in [9.17, 15) is 0 Å². The molecule has 0 atom stereocenters. The van der Waals surface area contributed by atoms with Crippen LogP contribution in [0.1, 0.15) is 38.8 Å². The average Bonchev–Trinajstić information content (AvgIpc) is 2.45. The molecular weight excluding hydrogens is 227 g/mol. The van der Waals surface area contributed by atoms with Crippen LogP contribution in [0.5, 0.6) is 0 Å². The van der Waals surface area contributed by atoms with Crippen LogP contribution in [0.15, 0.2) is 6.20 Å². The molecule has 5 heteroatoms. The number of nitrogens with two attached hydrogens (primary N) is 1. The highest BCUT2D eigenvalue weighted by atomic mass is 16.7. The minimum Gasteiger partial charge on any atom is -0.399 e. The molecule has 0 amide bonds. The minimum atomic E-state index is -0.373. The molecule has 98 valence electrons. The lowest BCUT2D eigenvalue weighted by molar-refractivity contribution is 0.00578. The molecule has 1 saturated heterocycles. The number of nitrogens with zero attached hydrogens (tertiary/aromatic N) is 1. The van der Waals surface area contributed by atoms with Gasteiger partial charge in [0.25, 0.3) is 0 Å². The predicted molar refractivity (Wildman–Crippen MR) is 73.8 cm³/mol. The summed E-state index contributed by atoms with van der Waals surface area (Å²) in [4.78, 5) is 4.20. The molecule has 1 aliphatic heterocycles. The zero-order chi connectivity index (χ0) is 13.7. The molecule has 2 rings (SSSR count). The van der Waals surface area contributed by atoms with E-state index in [0.29, 0.717) is 5.82 Å². The topological polar surface area (TPSA) is 57.4 Å². The van der Waals surface area contributed by atoms with E-state index in [2.05, 4.69) is 4.98 Å². The summed E-state index contributed by atoms with van der Waals surface area (Å²) < 4.78 is 12.0. The number of nitrogen functional groups attached to an aromatic ring is 1. The van der Waals surface area contributed by atoms with Gasteiger partial charge in [0, 0.05) is 11.7 Å². The van der Waals surface area contributed by atoms with Crippen molar-refractivity contribution in [1.82, 2.24) is 4.98 Å². The molecule has 1 aromatic rings. The van der Waals surface area contributed by atoms with Gasteiger partial charge in [-0.25, -0.2) is 4.98 Å². The molecular formula is C13H21BN2O2. The van der Waals surface area contributed by atoms with Crippen molar-refractivity contribution >= 4 is 18.4 Å². The zero-order valence-electron chi connectivity index (χ0n) is 12.0. The van der Waals surface area contributed by atoms with Crippen LogP contribution in [0.4, 0.5) is 5.82 Å². The molecule has 0 saturated carbocycles. The highest BCUT2D eigenvalue weighted by molar-refractivity contribution is 6.62. The molecule has 0 spiro atoms. The smallest absolute Gasteiger partial charge is 0.399 e. The normalized spacial score (nSPS) is 21.3. The second-order valence-corrected chi connectivity index (χ2v) is 5.94. The maximum atomic E-state index is 6.02. The van der Waals surface area contributed by atoms with Crippen molar-refractivity contribution in [2.24, 2.45) is 0 Å². The van der Waals surface area contributed by atoms with Crippen molar-refractivity contribution in [3.05, 3.63) is 17.3 Å². The first-order valence-electron chi connectivity index (χ1n) is 6.23. The largest absolute Gasteiger partial charge is 0.496 e. The van der Waals surface area contributed by atoms with Crippen molar-refractivity contribution in [3.8, 4) is 0 Å². The van der Waals surface area contributed by atoms with Crippen LogP contribution in [0.2, 0.25) is 0 Å². The van der Waals surface area contributed by atoms with Gasteiger partial charge in [-0.2, -0.15) is 0 Å². The van der Waals surface area contributed by atoms with E-state index in [0.717, 1.165) is 16.6 Å². The molecule has 0 unspecified atom stereocenters. The van der Waals surface area contributed by atoms with Gasteiger partial charge in [0.1, 0.15) is 5.82 Å². The van der Waals surface area contributed by atoms with Gasteiger partial charge in [-0.05, 0) is 52.7 Å². The standard InChI is InChI=1S/C13H21BN2O2/c1-8-9(2)11(15)16-7-10(8)14-17-12(3,4)13(5,6)18-14/h7H,1-6H3,(H2,15,16). The molecule has 0 aromatic carbocycles. The molecule has 2 N–H and O–H groups in total. The Bertz CT molecular complexity index is 470. The van der Waals surface area contributed by atoms with Crippen LogP contribution in [0, 0.1) is 13.8 Å². The summed E-state index contributed by atoms with van der Waals surface area (Å²) in [7, 11) is -0.373. The number of rotatable bonds is 1. The lowest BCUT2D eigenvalue weighted by atomic mass is 9.76. The van der Waals surface area contributed by atoms with Crippen molar-refractivity contribution in [2.45, 2.75) is 52.7 Å².